The molecule has 0 aromatic heterocycles. The molecule has 0 fully saturated rings. The zero-order chi connectivity index (χ0) is 11.3. The Morgan fingerprint density at radius 1 is 1.53 bits per heavy atom. The lowest BCUT2D eigenvalue weighted by atomic mass is 10.2. The average molecular weight is 207 g/mol. The van der Waals surface area contributed by atoms with Gasteiger partial charge in [0, 0.05) is 0 Å². The number of hydrogen-bond acceptors (Lipinski definition) is 4. The van der Waals surface area contributed by atoms with Crippen molar-refractivity contribution in [2.24, 2.45) is 0 Å². The molecule has 0 heterocycles. The summed E-state index contributed by atoms with van der Waals surface area (Å²) in [6.07, 6.45) is 2.37. The van der Waals surface area contributed by atoms with E-state index >= 15 is 0 Å². The molecule has 15 heavy (non-hydrogen) atoms. The summed E-state index contributed by atoms with van der Waals surface area (Å²) in [7, 11) is 0. The lowest BCUT2D eigenvalue weighted by Crippen LogP contribution is -2.09. The molecular weight excluding hydrogens is 196 g/mol. The van der Waals surface area contributed by atoms with Crippen molar-refractivity contribution in [3.05, 3.63) is 30.2 Å². The fourth-order valence-corrected chi connectivity index (χ4v) is 1.06. The number of para-hydroxylation sites is 1. The van der Waals surface area contributed by atoms with Gasteiger partial charge in [0.15, 0.2) is 17.8 Å². The minimum Gasteiger partial charge on any atom is -0.504 e. The van der Waals surface area contributed by atoms with Gasteiger partial charge >= 0.3 is 5.97 Å². The van der Waals surface area contributed by atoms with Crippen molar-refractivity contribution in [2.45, 2.75) is 13.3 Å². The summed E-state index contributed by atoms with van der Waals surface area (Å²) >= 11 is 0. The molecule has 1 rings (SSSR count). The van der Waals surface area contributed by atoms with Crippen molar-refractivity contribution in [1.82, 2.24) is 0 Å². The van der Waals surface area contributed by atoms with Crippen LogP contribution in [0.5, 0.6) is 11.5 Å². The van der Waals surface area contributed by atoms with E-state index in [1.54, 1.807) is 6.92 Å². The summed E-state index contributed by atoms with van der Waals surface area (Å²) in [6, 6.07) is 4.31. The molecule has 1 radical (unpaired) electrons. The summed E-state index contributed by atoms with van der Waals surface area (Å²) in [6.45, 7) is 1.78. The Labute approximate surface area is 87.5 Å². The summed E-state index contributed by atoms with van der Waals surface area (Å²) in [5.74, 6) is -0.901. The van der Waals surface area contributed by atoms with Gasteiger partial charge in [0.1, 0.15) is 0 Å². The molecule has 0 amide bonds. The number of carbonyl (C=O) groups excluding carboxylic acids is 2. The Morgan fingerprint density at radius 3 is 2.87 bits per heavy atom. The number of aromatic hydroxyl groups is 1. The van der Waals surface area contributed by atoms with E-state index in [2.05, 4.69) is 0 Å². The van der Waals surface area contributed by atoms with E-state index in [9.17, 15) is 14.7 Å². The normalized spacial score (nSPS) is 9.67. The van der Waals surface area contributed by atoms with Gasteiger partial charge in [-0.15, -0.1) is 0 Å². The Balaban J connectivity index is 2.92. The predicted molar refractivity (Wildman–Crippen MR) is 53.7 cm³/mol. The standard InChI is InChI=1S/C11H11O4/c1-2-4-10(14)15-11-8(7-12)5-3-6-9(11)13/h3-7,13H,2H2,1H3. The lowest BCUT2D eigenvalue weighted by molar-refractivity contribution is -0.130. The van der Waals surface area contributed by atoms with Crippen molar-refractivity contribution in [2.75, 3.05) is 0 Å². The molecule has 0 aliphatic carbocycles. The molecule has 1 N–H and O–H groups in total. The first kappa shape index (κ1) is 11.2. The van der Waals surface area contributed by atoms with Crippen LogP contribution in [0.1, 0.15) is 23.7 Å². The van der Waals surface area contributed by atoms with Gasteiger partial charge in [-0.1, -0.05) is 13.0 Å². The molecule has 1 aromatic carbocycles. The molecule has 0 bridgehead atoms. The number of benzene rings is 1. The second-order valence-electron chi connectivity index (χ2n) is 2.85. The second-order valence-corrected chi connectivity index (χ2v) is 2.85. The number of hydrogen-bond donors (Lipinski definition) is 1. The van der Waals surface area contributed by atoms with E-state index in [1.165, 1.54) is 24.6 Å². The third-order valence-corrected chi connectivity index (χ3v) is 1.73. The molecule has 0 unspecified atom stereocenters. The Bertz CT molecular complexity index is 371. The van der Waals surface area contributed by atoms with E-state index in [4.69, 9.17) is 4.74 Å². The molecule has 4 nitrogen and oxygen atoms in total. The topological polar surface area (TPSA) is 63.6 Å². The zero-order valence-corrected chi connectivity index (χ0v) is 8.27. The first-order valence-electron chi connectivity index (χ1n) is 4.51. The Morgan fingerprint density at radius 2 is 2.27 bits per heavy atom. The van der Waals surface area contributed by atoms with Crippen LogP contribution in [0.15, 0.2) is 18.2 Å². The number of esters is 1. The monoisotopic (exact) mass is 207 g/mol. The quantitative estimate of drug-likeness (QED) is 0.464. The molecule has 0 saturated heterocycles. The molecule has 0 aliphatic heterocycles. The minimum atomic E-state index is -0.581. The molecule has 0 atom stereocenters. The molecule has 4 heteroatoms. The smallest absolute Gasteiger partial charge is 0.315 e. The highest BCUT2D eigenvalue weighted by Gasteiger charge is 2.12. The van der Waals surface area contributed by atoms with E-state index in [1.807, 2.05) is 0 Å². The highest BCUT2D eigenvalue weighted by molar-refractivity contribution is 5.86. The summed E-state index contributed by atoms with van der Waals surface area (Å²) in [4.78, 5) is 21.7. The number of phenols is 1. The van der Waals surface area contributed by atoms with E-state index in [0.717, 1.165) is 0 Å². The fraction of sp³-hybridized carbons (Fsp3) is 0.182. The number of carbonyl (C=O) groups is 2. The highest BCUT2D eigenvalue weighted by atomic mass is 16.5. The maximum absolute atomic E-state index is 11.1. The largest absolute Gasteiger partial charge is 0.504 e. The van der Waals surface area contributed by atoms with Crippen molar-refractivity contribution < 1.29 is 19.4 Å². The zero-order valence-electron chi connectivity index (χ0n) is 8.27. The van der Waals surface area contributed by atoms with E-state index in [-0.39, 0.29) is 17.1 Å². The van der Waals surface area contributed by atoms with Gasteiger partial charge in [0.2, 0.25) is 0 Å². The van der Waals surface area contributed by atoms with Crippen LogP contribution >= 0.6 is 0 Å². The molecule has 1 aromatic rings. The third kappa shape index (κ3) is 2.80. The minimum absolute atomic E-state index is 0.0952. The van der Waals surface area contributed by atoms with Gasteiger partial charge in [-0.3, -0.25) is 9.59 Å². The number of phenolic OH excluding ortho intramolecular Hbond substituents is 1. The second kappa shape index (κ2) is 5.14. The van der Waals surface area contributed by atoms with Crippen LogP contribution in [0.25, 0.3) is 0 Å². The van der Waals surface area contributed by atoms with Crippen molar-refractivity contribution in [3.8, 4) is 11.5 Å². The average Bonchev–Trinajstić information content (AvgIpc) is 2.21. The van der Waals surface area contributed by atoms with Gasteiger partial charge in [-0.2, -0.15) is 0 Å². The third-order valence-electron chi connectivity index (χ3n) is 1.73. The summed E-state index contributed by atoms with van der Waals surface area (Å²) in [5.41, 5.74) is 0.146. The van der Waals surface area contributed by atoms with E-state index in [0.29, 0.717) is 12.7 Å². The highest BCUT2D eigenvalue weighted by Crippen LogP contribution is 2.29. The van der Waals surface area contributed by atoms with Gasteiger partial charge in [0.25, 0.3) is 0 Å². The Kier molecular flexibility index (Phi) is 3.85. The van der Waals surface area contributed by atoms with Gasteiger partial charge in [0.05, 0.1) is 12.0 Å². The number of ether oxygens (including phenoxy) is 1. The lowest BCUT2D eigenvalue weighted by Gasteiger charge is -2.07. The van der Waals surface area contributed by atoms with Crippen LogP contribution in [0.3, 0.4) is 0 Å². The fourth-order valence-electron chi connectivity index (χ4n) is 1.06. The maximum atomic E-state index is 11.1. The predicted octanol–water partition coefficient (Wildman–Crippen LogP) is 1.72. The maximum Gasteiger partial charge on any atom is 0.315 e. The van der Waals surface area contributed by atoms with Crippen LogP contribution in [0.4, 0.5) is 0 Å². The van der Waals surface area contributed by atoms with Crippen LogP contribution in [0.2, 0.25) is 0 Å². The van der Waals surface area contributed by atoms with Gasteiger partial charge in [-0.25, -0.2) is 0 Å². The van der Waals surface area contributed by atoms with Crippen LogP contribution in [0, 0.1) is 6.42 Å². The van der Waals surface area contributed by atoms with Crippen molar-refractivity contribution >= 4 is 12.3 Å². The Hall–Kier alpha value is -1.84. The van der Waals surface area contributed by atoms with Crippen LogP contribution < -0.4 is 4.74 Å². The molecular formula is C11H11O4. The SMILES string of the molecule is CC[CH]C(=O)Oc1c(O)cccc1C=O. The first-order chi connectivity index (χ1) is 7.19. The molecule has 0 saturated carbocycles. The summed E-state index contributed by atoms with van der Waals surface area (Å²) < 4.78 is 4.83. The van der Waals surface area contributed by atoms with E-state index < -0.39 is 5.97 Å². The van der Waals surface area contributed by atoms with Gasteiger partial charge < -0.3 is 9.84 Å². The van der Waals surface area contributed by atoms with Crippen molar-refractivity contribution in [3.63, 3.8) is 0 Å². The number of aldehydes is 1. The van der Waals surface area contributed by atoms with Crippen molar-refractivity contribution in [1.29, 1.82) is 0 Å². The first-order valence-corrected chi connectivity index (χ1v) is 4.51. The van der Waals surface area contributed by atoms with Crippen LogP contribution in [-0.2, 0) is 4.79 Å². The number of rotatable bonds is 4. The molecule has 0 spiro atoms. The molecule has 79 valence electrons. The summed E-state index contributed by atoms with van der Waals surface area (Å²) in [5, 5.41) is 9.39. The van der Waals surface area contributed by atoms with Gasteiger partial charge in [-0.05, 0) is 18.6 Å². The van der Waals surface area contributed by atoms with Crippen LogP contribution in [-0.4, -0.2) is 17.4 Å². The molecule has 0 aliphatic rings.